The van der Waals surface area contributed by atoms with Crippen LogP contribution in [0.3, 0.4) is 0 Å². The highest BCUT2D eigenvalue weighted by atomic mass is 16.5. The van der Waals surface area contributed by atoms with Crippen molar-refractivity contribution < 1.29 is 4.74 Å². The van der Waals surface area contributed by atoms with Crippen molar-refractivity contribution >= 4 is 0 Å². The molecule has 0 aliphatic carbocycles. The Morgan fingerprint density at radius 2 is 2.06 bits per heavy atom. The summed E-state index contributed by atoms with van der Waals surface area (Å²) in [6.07, 6.45) is 0. The average molecular weight is 240 g/mol. The monoisotopic (exact) mass is 240 g/mol. The fourth-order valence-corrected chi connectivity index (χ4v) is 1.78. The SMILES string of the molecule is COc1ccc(-c2ccc(C#N)c(=O)[nH]2)cc1C. The molecule has 1 N–H and O–H groups in total. The number of pyridine rings is 1. The number of methoxy groups -OCH3 is 1. The van der Waals surface area contributed by atoms with E-state index in [0.29, 0.717) is 5.69 Å². The zero-order valence-corrected chi connectivity index (χ0v) is 10.2. The first kappa shape index (κ1) is 11.9. The number of aryl methyl sites for hydroxylation is 1. The number of nitrogens with one attached hydrogen (secondary N) is 1. The molecule has 0 fully saturated rings. The van der Waals surface area contributed by atoms with Crippen LogP contribution in [0.25, 0.3) is 11.3 Å². The van der Waals surface area contributed by atoms with E-state index >= 15 is 0 Å². The highest BCUT2D eigenvalue weighted by Crippen LogP contribution is 2.24. The molecule has 1 aromatic heterocycles. The average Bonchev–Trinajstić information content (AvgIpc) is 2.38. The Hall–Kier alpha value is -2.54. The lowest BCUT2D eigenvalue weighted by molar-refractivity contribution is 0.412. The van der Waals surface area contributed by atoms with Gasteiger partial charge in [-0.3, -0.25) is 4.79 Å². The van der Waals surface area contributed by atoms with Crippen molar-refractivity contribution in [3.05, 3.63) is 51.8 Å². The third kappa shape index (κ3) is 2.11. The second-order valence-electron chi connectivity index (χ2n) is 3.91. The Morgan fingerprint density at radius 1 is 1.28 bits per heavy atom. The third-order valence-electron chi connectivity index (χ3n) is 2.74. The second kappa shape index (κ2) is 4.76. The van der Waals surface area contributed by atoms with E-state index in [1.807, 2.05) is 31.2 Å². The molecular weight excluding hydrogens is 228 g/mol. The molecule has 0 aliphatic rings. The summed E-state index contributed by atoms with van der Waals surface area (Å²) in [5, 5.41) is 8.71. The quantitative estimate of drug-likeness (QED) is 0.875. The first-order valence-corrected chi connectivity index (χ1v) is 5.44. The summed E-state index contributed by atoms with van der Waals surface area (Å²) in [5.41, 5.74) is 2.30. The first-order chi connectivity index (χ1) is 8.65. The van der Waals surface area contributed by atoms with Gasteiger partial charge in [0, 0.05) is 5.69 Å². The number of aromatic amines is 1. The summed E-state index contributed by atoms with van der Waals surface area (Å²) in [6.45, 7) is 1.93. The van der Waals surface area contributed by atoms with E-state index < -0.39 is 0 Å². The molecule has 1 aromatic carbocycles. The van der Waals surface area contributed by atoms with Gasteiger partial charge in [0.15, 0.2) is 0 Å². The number of rotatable bonds is 2. The van der Waals surface area contributed by atoms with Crippen molar-refractivity contribution in [2.45, 2.75) is 6.92 Å². The lowest BCUT2D eigenvalue weighted by atomic mass is 10.1. The number of aromatic nitrogens is 1. The number of hydrogen-bond acceptors (Lipinski definition) is 3. The maximum Gasteiger partial charge on any atom is 0.266 e. The van der Waals surface area contributed by atoms with Crippen LogP contribution in [-0.2, 0) is 0 Å². The van der Waals surface area contributed by atoms with Crippen LogP contribution in [0.15, 0.2) is 35.1 Å². The van der Waals surface area contributed by atoms with Crippen LogP contribution in [0.1, 0.15) is 11.1 Å². The molecule has 2 rings (SSSR count). The Labute approximate surface area is 104 Å². The van der Waals surface area contributed by atoms with Crippen molar-refractivity contribution in [3.8, 4) is 23.1 Å². The minimum atomic E-state index is -0.372. The van der Waals surface area contributed by atoms with E-state index in [-0.39, 0.29) is 11.1 Å². The van der Waals surface area contributed by atoms with Crippen molar-refractivity contribution in [2.75, 3.05) is 7.11 Å². The summed E-state index contributed by atoms with van der Waals surface area (Å²) < 4.78 is 5.18. The molecule has 0 atom stereocenters. The number of nitrogens with zero attached hydrogens (tertiary/aromatic N) is 1. The van der Waals surface area contributed by atoms with E-state index in [9.17, 15) is 4.79 Å². The van der Waals surface area contributed by atoms with Crippen molar-refractivity contribution in [3.63, 3.8) is 0 Å². The normalized spacial score (nSPS) is 9.83. The predicted molar refractivity (Wildman–Crippen MR) is 68.5 cm³/mol. The molecule has 4 heteroatoms. The topological polar surface area (TPSA) is 65.9 Å². The molecule has 0 aliphatic heterocycles. The fourth-order valence-electron chi connectivity index (χ4n) is 1.78. The molecule has 90 valence electrons. The van der Waals surface area contributed by atoms with Gasteiger partial charge < -0.3 is 9.72 Å². The van der Waals surface area contributed by atoms with Crippen LogP contribution in [0.5, 0.6) is 5.75 Å². The van der Waals surface area contributed by atoms with E-state index in [1.165, 1.54) is 6.07 Å². The molecule has 0 bridgehead atoms. The Morgan fingerprint density at radius 3 is 2.61 bits per heavy atom. The number of hydrogen-bond donors (Lipinski definition) is 1. The molecule has 0 amide bonds. The summed E-state index contributed by atoms with van der Waals surface area (Å²) in [6, 6.07) is 10.7. The lowest BCUT2D eigenvalue weighted by Gasteiger charge is -2.07. The van der Waals surface area contributed by atoms with Crippen LogP contribution in [-0.4, -0.2) is 12.1 Å². The largest absolute Gasteiger partial charge is 0.496 e. The summed E-state index contributed by atoms with van der Waals surface area (Å²) in [5.74, 6) is 0.801. The number of H-pyrrole nitrogens is 1. The Bertz CT molecular complexity index is 681. The second-order valence-corrected chi connectivity index (χ2v) is 3.91. The highest BCUT2D eigenvalue weighted by molar-refractivity contribution is 5.62. The zero-order valence-electron chi connectivity index (χ0n) is 10.2. The van der Waals surface area contributed by atoms with Crippen LogP contribution in [0, 0.1) is 18.3 Å². The van der Waals surface area contributed by atoms with E-state index in [0.717, 1.165) is 16.9 Å². The van der Waals surface area contributed by atoms with Crippen LogP contribution in [0.2, 0.25) is 0 Å². The zero-order chi connectivity index (χ0) is 13.1. The van der Waals surface area contributed by atoms with Gasteiger partial charge in [-0.15, -0.1) is 0 Å². The van der Waals surface area contributed by atoms with Gasteiger partial charge in [-0.2, -0.15) is 5.26 Å². The molecule has 2 aromatic rings. The lowest BCUT2D eigenvalue weighted by Crippen LogP contribution is -2.10. The highest BCUT2D eigenvalue weighted by Gasteiger charge is 2.05. The molecule has 18 heavy (non-hydrogen) atoms. The number of nitriles is 1. The molecule has 0 saturated carbocycles. The van der Waals surface area contributed by atoms with Crippen molar-refractivity contribution in [2.24, 2.45) is 0 Å². The van der Waals surface area contributed by atoms with Gasteiger partial charge >= 0.3 is 0 Å². The van der Waals surface area contributed by atoms with E-state index in [2.05, 4.69) is 4.98 Å². The predicted octanol–water partition coefficient (Wildman–Crippen LogP) is 2.23. The van der Waals surface area contributed by atoms with Gasteiger partial charge in [0.25, 0.3) is 5.56 Å². The van der Waals surface area contributed by atoms with E-state index in [4.69, 9.17) is 10.00 Å². The molecular formula is C14H12N2O2. The van der Waals surface area contributed by atoms with Gasteiger partial charge in [0.05, 0.1) is 7.11 Å². The molecule has 0 spiro atoms. The Kier molecular flexibility index (Phi) is 3.16. The van der Waals surface area contributed by atoms with Crippen LogP contribution < -0.4 is 10.3 Å². The van der Waals surface area contributed by atoms with Gasteiger partial charge in [-0.1, -0.05) is 0 Å². The van der Waals surface area contributed by atoms with Gasteiger partial charge in [-0.05, 0) is 48.4 Å². The van der Waals surface area contributed by atoms with Crippen LogP contribution >= 0.6 is 0 Å². The van der Waals surface area contributed by atoms with Gasteiger partial charge in [0.1, 0.15) is 17.4 Å². The molecule has 4 nitrogen and oxygen atoms in total. The maximum atomic E-state index is 11.5. The van der Waals surface area contributed by atoms with Gasteiger partial charge in [0.2, 0.25) is 0 Å². The molecule has 0 radical (unpaired) electrons. The third-order valence-corrected chi connectivity index (χ3v) is 2.74. The Balaban J connectivity index is 2.50. The smallest absolute Gasteiger partial charge is 0.266 e. The number of benzene rings is 1. The molecule has 1 heterocycles. The summed E-state index contributed by atoms with van der Waals surface area (Å²) in [7, 11) is 1.62. The van der Waals surface area contributed by atoms with Crippen molar-refractivity contribution in [1.29, 1.82) is 5.26 Å². The van der Waals surface area contributed by atoms with Crippen molar-refractivity contribution in [1.82, 2.24) is 4.98 Å². The minimum Gasteiger partial charge on any atom is -0.496 e. The number of ether oxygens (including phenoxy) is 1. The molecule has 0 unspecified atom stereocenters. The molecule has 0 saturated heterocycles. The summed E-state index contributed by atoms with van der Waals surface area (Å²) >= 11 is 0. The fraction of sp³-hybridized carbons (Fsp3) is 0.143. The maximum absolute atomic E-state index is 11.5. The summed E-state index contributed by atoms with van der Waals surface area (Å²) in [4.78, 5) is 14.2. The van der Waals surface area contributed by atoms with Crippen LogP contribution in [0.4, 0.5) is 0 Å². The van der Waals surface area contributed by atoms with E-state index in [1.54, 1.807) is 13.2 Å². The minimum absolute atomic E-state index is 0.115. The van der Waals surface area contributed by atoms with Gasteiger partial charge in [-0.25, -0.2) is 0 Å². The first-order valence-electron chi connectivity index (χ1n) is 5.44. The standard InChI is InChI=1S/C14H12N2O2/c1-9-7-10(4-6-13(9)18-2)12-5-3-11(8-15)14(17)16-12/h3-7H,1-2H3,(H,16,17).